The molecule has 0 radical (unpaired) electrons. The van der Waals surface area contributed by atoms with Crippen molar-refractivity contribution in [2.75, 3.05) is 68.6 Å². The van der Waals surface area contributed by atoms with Crippen LogP contribution in [-0.2, 0) is 11.8 Å². The molecule has 0 aliphatic carbocycles. The Morgan fingerprint density at radius 2 is 0.941 bits per heavy atom. The number of hydrogen-bond acceptors (Lipinski definition) is 5. The zero-order chi connectivity index (χ0) is 26.2. The lowest BCUT2D eigenvalue weighted by Gasteiger charge is -2.23. The molecule has 2 aromatic rings. The van der Waals surface area contributed by atoms with Crippen molar-refractivity contribution in [3.05, 3.63) is 59.7 Å². The predicted molar refractivity (Wildman–Crippen MR) is 134 cm³/mol. The molecule has 0 unspecified atom stereocenters. The first-order valence-corrected chi connectivity index (χ1v) is 11.9. The van der Waals surface area contributed by atoms with Crippen molar-refractivity contribution in [3.8, 4) is 11.5 Å². The SMILES string of the molecule is C[N+](C)(C)CCOc1ccc(CCl)cc1.C[N+](C)(C)CCOc1ccc(CCl)cc1.O=C([O-])[O-]. The normalized spacial score (nSPS) is 10.8. The van der Waals surface area contributed by atoms with Gasteiger partial charge in [0.15, 0.2) is 0 Å². The smallest absolute Gasteiger partial charge is 0.137 e. The highest BCUT2D eigenvalue weighted by atomic mass is 35.5. The van der Waals surface area contributed by atoms with Crippen molar-refractivity contribution in [1.29, 1.82) is 0 Å². The van der Waals surface area contributed by atoms with E-state index in [0.29, 0.717) is 11.8 Å². The molecule has 2 aromatic carbocycles. The molecular weight excluding hydrogens is 479 g/mol. The zero-order valence-electron chi connectivity index (χ0n) is 21.1. The summed E-state index contributed by atoms with van der Waals surface area (Å²) in [5.41, 5.74) is 2.24. The van der Waals surface area contributed by atoms with Crippen molar-refractivity contribution < 1.29 is 33.4 Å². The van der Waals surface area contributed by atoms with Crippen molar-refractivity contribution in [2.24, 2.45) is 0 Å². The summed E-state index contributed by atoms with van der Waals surface area (Å²) in [6.45, 7) is 3.47. The van der Waals surface area contributed by atoms with Crippen LogP contribution in [0.15, 0.2) is 48.5 Å². The molecule has 0 saturated carbocycles. The molecule has 0 aromatic heterocycles. The number of ether oxygens (including phenoxy) is 2. The van der Waals surface area contributed by atoms with Crippen molar-refractivity contribution in [2.45, 2.75) is 11.8 Å². The summed E-state index contributed by atoms with van der Waals surface area (Å²) in [7, 11) is 12.9. The topological polar surface area (TPSA) is 81.7 Å². The number of carbonyl (C=O) groups excluding carboxylic acids is 1. The molecule has 34 heavy (non-hydrogen) atoms. The molecule has 2 rings (SSSR count). The first kappa shape index (κ1) is 31.8. The first-order valence-electron chi connectivity index (χ1n) is 10.8. The summed E-state index contributed by atoms with van der Waals surface area (Å²) >= 11 is 11.4. The fourth-order valence-corrected chi connectivity index (χ4v) is 2.58. The summed E-state index contributed by atoms with van der Waals surface area (Å²) in [6, 6.07) is 15.8. The largest absolute Gasteiger partial charge is 0.652 e. The van der Waals surface area contributed by atoms with Crippen LogP contribution in [0.5, 0.6) is 11.5 Å². The molecule has 0 spiro atoms. The number of hydrogen-bond donors (Lipinski definition) is 0. The van der Waals surface area contributed by atoms with Gasteiger partial charge in [-0.2, -0.15) is 0 Å². The molecule has 0 N–H and O–H groups in total. The Morgan fingerprint density at radius 3 is 1.15 bits per heavy atom. The number of carboxylic acid groups (broad SMARTS) is 2. The molecule has 9 heteroatoms. The van der Waals surface area contributed by atoms with E-state index in [2.05, 4.69) is 42.3 Å². The molecule has 192 valence electrons. The van der Waals surface area contributed by atoms with Gasteiger partial charge in [-0.25, -0.2) is 0 Å². The summed E-state index contributed by atoms with van der Waals surface area (Å²) in [4.78, 5) is 8.33. The van der Waals surface area contributed by atoms with Gasteiger partial charge < -0.3 is 33.4 Å². The highest BCUT2D eigenvalue weighted by Gasteiger charge is 2.07. The Balaban J connectivity index is 0.000000554. The highest BCUT2D eigenvalue weighted by Crippen LogP contribution is 2.14. The van der Waals surface area contributed by atoms with E-state index in [9.17, 15) is 0 Å². The number of rotatable bonds is 10. The van der Waals surface area contributed by atoms with Gasteiger partial charge in [0.05, 0.1) is 42.3 Å². The minimum Gasteiger partial charge on any atom is -0.652 e. The van der Waals surface area contributed by atoms with Gasteiger partial charge in [0.25, 0.3) is 0 Å². The Labute approximate surface area is 214 Å². The third kappa shape index (κ3) is 19.3. The molecule has 0 atom stereocenters. The van der Waals surface area contributed by atoms with E-state index in [1.807, 2.05) is 48.5 Å². The Morgan fingerprint density at radius 1 is 0.676 bits per heavy atom. The number of halogens is 2. The van der Waals surface area contributed by atoms with Gasteiger partial charge >= 0.3 is 0 Å². The minimum absolute atomic E-state index is 0.555. The van der Waals surface area contributed by atoms with E-state index >= 15 is 0 Å². The van der Waals surface area contributed by atoms with Gasteiger partial charge in [-0.3, -0.25) is 0 Å². The number of likely N-dealkylation sites (N-methyl/N-ethyl adjacent to an activating group) is 2. The first-order chi connectivity index (χ1) is 15.8. The van der Waals surface area contributed by atoms with Gasteiger partial charge in [0.2, 0.25) is 0 Å². The fourth-order valence-electron chi connectivity index (χ4n) is 2.22. The van der Waals surface area contributed by atoms with E-state index in [-0.39, 0.29) is 0 Å². The van der Waals surface area contributed by atoms with Crippen LogP contribution in [-0.4, -0.2) is 83.7 Å². The number of quaternary nitrogens is 2. The summed E-state index contributed by atoms with van der Waals surface area (Å²) in [5, 5.41) is 16.7. The second-order valence-corrected chi connectivity index (χ2v) is 10.1. The Hall–Kier alpha value is -2.19. The molecule has 0 amide bonds. The monoisotopic (exact) mass is 516 g/mol. The lowest BCUT2D eigenvalue weighted by Crippen LogP contribution is -2.38. The van der Waals surface area contributed by atoms with E-state index in [1.165, 1.54) is 0 Å². The quantitative estimate of drug-likeness (QED) is 0.358. The van der Waals surface area contributed by atoms with Crippen LogP contribution in [0.2, 0.25) is 0 Å². The van der Waals surface area contributed by atoms with E-state index < -0.39 is 6.16 Å². The zero-order valence-corrected chi connectivity index (χ0v) is 22.6. The summed E-state index contributed by atoms with van der Waals surface area (Å²) < 4.78 is 13.1. The maximum Gasteiger partial charge on any atom is 0.137 e. The number of benzene rings is 2. The average molecular weight is 517 g/mol. The molecule has 0 heterocycles. The maximum atomic E-state index is 8.33. The van der Waals surface area contributed by atoms with Crippen LogP contribution >= 0.6 is 23.2 Å². The summed E-state index contributed by atoms with van der Waals surface area (Å²) in [5.74, 6) is 2.94. The molecule has 0 aliphatic rings. The molecule has 0 saturated heterocycles. The standard InChI is InChI=1S/2C12H19ClNO.CH2O3/c2*1-14(2,3)8-9-15-12-6-4-11(10-13)5-7-12;2-1(3)4/h2*4-7H,8-10H2,1-3H3;(H2,2,3,4)/q2*+1;/p-2. The fraction of sp³-hybridized carbons (Fsp3) is 0.480. The summed E-state index contributed by atoms with van der Waals surface area (Å²) in [6.07, 6.45) is -2.33. The van der Waals surface area contributed by atoms with Gasteiger partial charge in [-0.15, -0.1) is 23.2 Å². The van der Waals surface area contributed by atoms with Gasteiger partial charge in [0.1, 0.15) is 37.8 Å². The van der Waals surface area contributed by atoms with Gasteiger partial charge in [-0.05, 0) is 41.5 Å². The molecule has 0 aliphatic heterocycles. The van der Waals surface area contributed by atoms with Crippen LogP contribution in [0.3, 0.4) is 0 Å². The van der Waals surface area contributed by atoms with E-state index in [4.69, 9.17) is 47.7 Å². The average Bonchev–Trinajstić information content (AvgIpc) is 2.73. The van der Waals surface area contributed by atoms with Crippen LogP contribution in [0.25, 0.3) is 0 Å². The van der Waals surface area contributed by atoms with Crippen LogP contribution in [0.4, 0.5) is 4.79 Å². The lowest BCUT2D eigenvalue weighted by atomic mass is 10.2. The predicted octanol–water partition coefficient (Wildman–Crippen LogP) is 2.57. The van der Waals surface area contributed by atoms with Crippen molar-refractivity contribution in [1.82, 2.24) is 0 Å². The molecular formula is C25H38Cl2N2O5. The van der Waals surface area contributed by atoms with E-state index in [1.54, 1.807) is 0 Å². The lowest BCUT2D eigenvalue weighted by molar-refractivity contribution is -0.870. The Bertz CT molecular complexity index is 735. The minimum atomic E-state index is -2.33. The molecule has 0 bridgehead atoms. The van der Waals surface area contributed by atoms with E-state index in [0.717, 1.165) is 57.9 Å². The third-order valence-corrected chi connectivity index (χ3v) is 4.83. The third-order valence-electron chi connectivity index (χ3n) is 4.22. The van der Waals surface area contributed by atoms with Crippen LogP contribution < -0.4 is 19.7 Å². The second-order valence-electron chi connectivity index (χ2n) is 9.53. The van der Waals surface area contributed by atoms with Crippen molar-refractivity contribution in [3.63, 3.8) is 0 Å². The van der Waals surface area contributed by atoms with Crippen molar-refractivity contribution >= 4 is 29.4 Å². The molecule has 0 fully saturated rings. The second kappa shape index (κ2) is 16.4. The maximum absolute atomic E-state index is 8.33. The van der Waals surface area contributed by atoms with Crippen LogP contribution in [0, 0.1) is 0 Å². The number of nitrogens with zero attached hydrogens (tertiary/aromatic N) is 2. The highest BCUT2D eigenvalue weighted by molar-refractivity contribution is 6.17. The number of alkyl halides is 2. The van der Waals surface area contributed by atoms with Gasteiger partial charge in [-0.1, -0.05) is 24.3 Å². The molecule has 7 nitrogen and oxygen atoms in total. The van der Waals surface area contributed by atoms with Crippen LogP contribution in [0.1, 0.15) is 11.1 Å². The Kier molecular flexibility index (Phi) is 15.4. The van der Waals surface area contributed by atoms with Gasteiger partial charge in [0, 0.05) is 11.8 Å². The number of carbonyl (C=O) groups is 1.